The molecule has 18 heavy (non-hydrogen) atoms. The minimum absolute atomic E-state index is 0.149. The predicted molar refractivity (Wildman–Crippen MR) is 71.3 cm³/mol. The van der Waals surface area contributed by atoms with Gasteiger partial charge in [0.2, 0.25) is 5.91 Å². The van der Waals surface area contributed by atoms with E-state index in [4.69, 9.17) is 0 Å². The first-order valence-corrected chi connectivity index (χ1v) is 7.29. The Labute approximate surface area is 110 Å². The van der Waals surface area contributed by atoms with Crippen molar-refractivity contribution in [3.63, 3.8) is 0 Å². The largest absolute Gasteiger partial charge is 0.394 e. The highest BCUT2D eigenvalue weighted by Crippen LogP contribution is 2.28. The average Bonchev–Trinajstić information content (AvgIpc) is 2.85. The van der Waals surface area contributed by atoms with Gasteiger partial charge < -0.3 is 15.3 Å². The lowest BCUT2D eigenvalue weighted by atomic mass is 9.98. The number of hydrogen-bond acceptors (Lipinski definition) is 3. The van der Waals surface area contributed by atoms with Crippen LogP contribution in [0.3, 0.4) is 0 Å². The number of carbonyl (C=O) groups is 1. The summed E-state index contributed by atoms with van der Waals surface area (Å²) in [6, 6.07) is 0. The second-order valence-corrected chi connectivity index (χ2v) is 6.09. The molecule has 2 fully saturated rings. The molecule has 0 aromatic carbocycles. The highest BCUT2D eigenvalue weighted by atomic mass is 16.3. The van der Waals surface area contributed by atoms with Crippen molar-refractivity contribution in [1.29, 1.82) is 0 Å². The first kappa shape index (κ1) is 13.8. The molecule has 2 rings (SSSR count). The number of carbonyl (C=O) groups excluding carboxylic acids is 1. The van der Waals surface area contributed by atoms with Crippen molar-refractivity contribution in [3.05, 3.63) is 0 Å². The first-order chi connectivity index (χ1) is 8.65. The highest BCUT2D eigenvalue weighted by molar-refractivity contribution is 5.78. The van der Waals surface area contributed by atoms with Crippen LogP contribution in [0.25, 0.3) is 0 Å². The van der Waals surface area contributed by atoms with E-state index in [1.165, 1.54) is 6.42 Å². The SMILES string of the molecule is CC1CCCN(C(=O)CNC2(CO)CCCC2)C1. The van der Waals surface area contributed by atoms with Gasteiger partial charge in [-0.05, 0) is 31.6 Å². The van der Waals surface area contributed by atoms with Gasteiger partial charge in [0, 0.05) is 18.6 Å². The maximum atomic E-state index is 12.1. The highest BCUT2D eigenvalue weighted by Gasteiger charge is 2.33. The summed E-state index contributed by atoms with van der Waals surface area (Å²) in [6.45, 7) is 4.53. The average molecular weight is 254 g/mol. The first-order valence-electron chi connectivity index (χ1n) is 7.29. The topological polar surface area (TPSA) is 52.6 Å². The predicted octanol–water partition coefficient (Wildman–Crippen LogP) is 1.14. The van der Waals surface area contributed by atoms with Gasteiger partial charge in [-0.2, -0.15) is 0 Å². The summed E-state index contributed by atoms with van der Waals surface area (Å²) >= 11 is 0. The van der Waals surface area contributed by atoms with Crippen molar-refractivity contribution in [2.45, 2.75) is 51.0 Å². The molecule has 1 aliphatic carbocycles. The minimum atomic E-state index is -0.183. The van der Waals surface area contributed by atoms with Gasteiger partial charge >= 0.3 is 0 Å². The molecule has 2 aliphatic rings. The molecular formula is C14H26N2O2. The summed E-state index contributed by atoms with van der Waals surface area (Å²) in [5.41, 5.74) is -0.183. The summed E-state index contributed by atoms with van der Waals surface area (Å²) < 4.78 is 0. The molecule has 1 amide bonds. The van der Waals surface area contributed by atoms with Gasteiger partial charge in [-0.15, -0.1) is 0 Å². The molecule has 0 radical (unpaired) electrons. The fourth-order valence-electron chi connectivity index (χ4n) is 3.23. The van der Waals surface area contributed by atoms with Crippen LogP contribution >= 0.6 is 0 Å². The maximum Gasteiger partial charge on any atom is 0.236 e. The molecule has 4 heteroatoms. The fourth-order valence-corrected chi connectivity index (χ4v) is 3.23. The van der Waals surface area contributed by atoms with Crippen molar-refractivity contribution < 1.29 is 9.90 Å². The second-order valence-electron chi connectivity index (χ2n) is 6.09. The number of amides is 1. The van der Waals surface area contributed by atoms with Gasteiger partial charge in [0.05, 0.1) is 13.2 Å². The minimum Gasteiger partial charge on any atom is -0.394 e. The zero-order valence-corrected chi connectivity index (χ0v) is 11.5. The Hall–Kier alpha value is -0.610. The van der Waals surface area contributed by atoms with Gasteiger partial charge in [-0.25, -0.2) is 0 Å². The molecule has 0 bridgehead atoms. The lowest BCUT2D eigenvalue weighted by Gasteiger charge is -2.33. The molecule has 104 valence electrons. The van der Waals surface area contributed by atoms with E-state index >= 15 is 0 Å². The normalized spacial score (nSPS) is 27.4. The summed E-state index contributed by atoms with van der Waals surface area (Å²) in [7, 11) is 0. The molecule has 1 unspecified atom stereocenters. The van der Waals surface area contributed by atoms with Crippen LogP contribution in [0.1, 0.15) is 45.4 Å². The van der Waals surface area contributed by atoms with Crippen LogP contribution in [0.5, 0.6) is 0 Å². The van der Waals surface area contributed by atoms with Crippen molar-refractivity contribution in [3.8, 4) is 0 Å². The number of aliphatic hydroxyl groups excluding tert-OH is 1. The van der Waals surface area contributed by atoms with Crippen LogP contribution in [0, 0.1) is 5.92 Å². The van der Waals surface area contributed by atoms with Gasteiger partial charge in [0.15, 0.2) is 0 Å². The van der Waals surface area contributed by atoms with Crippen molar-refractivity contribution in [2.24, 2.45) is 5.92 Å². The standard InChI is InChI=1S/C14H26N2O2/c1-12-5-4-8-16(10-12)13(18)9-15-14(11-17)6-2-3-7-14/h12,15,17H,2-11H2,1H3. The number of hydrogen-bond donors (Lipinski definition) is 2. The van der Waals surface area contributed by atoms with Gasteiger partial charge in [-0.3, -0.25) is 4.79 Å². The smallest absolute Gasteiger partial charge is 0.236 e. The molecule has 4 nitrogen and oxygen atoms in total. The number of piperidine rings is 1. The molecular weight excluding hydrogens is 228 g/mol. The molecule has 0 spiro atoms. The Morgan fingerprint density at radius 1 is 1.39 bits per heavy atom. The van der Waals surface area contributed by atoms with Gasteiger partial charge in [0.1, 0.15) is 0 Å². The number of nitrogens with zero attached hydrogens (tertiary/aromatic N) is 1. The Morgan fingerprint density at radius 2 is 2.11 bits per heavy atom. The van der Waals surface area contributed by atoms with Crippen LogP contribution < -0.4 is 5.32 Å². The van der Waals surface area contributed by atoms with Crippen molar-refractivity contribution in [1.82, 2.24) is 10.2 Å². The molecule has 1 saturated heterocycles. The van der Waals surface area contributed by atoms with E-state index in [0.717, 1.165) is 45.2 Å². The second kappa shape index (κ2) is 6.02. The van der Waals surface area contributed by atoms with E-state index in [2.05, 4.69) is 12.2 Å². The van der Waals surface area contributed by atoms with Gasteiger partial charge in [-0.1, -0.05) is 19.8 Å². The molecule has 1 saturated carbocycles. The van der Waals surface area contributed by atoms with E-state index < -0.39 is 0 Å². The van der Waals surface area contributed by atoms with Crippen LogP contribution in [0.4, 0.5) is 0 Å². The Kier molecular flexibility index (Phi) is 4.62. The van der Waals surface area contributed by atoms with Crippen molar-refractivity contribution in [2.75, 3.05) is 26.2 Å². The third-order valence-corrected chi connectivity index (χ3v) is 4.49. The molecule has 1 atom stereocenters. The lowest BCUT2D eigenvalue weighted by Crippen LogP contribution is -2.51. The molecule has 0 aromatic rings. The van der Waals surface area contributed by atoms with Crippen LogP contribution in [0.2, 0.25) is 0 Å². The lowest BCUT2D eigenvalue weighted by molar-refractivity contribution is -0.132. The zero-order chi connectivity index (χ0) is 13.0. The number of likely N-dealkylation sites (tertiary alicyclic amines) is 1. The fraction of sp³-hybridized carbons (Fsp3) is 0.929. The van der Waals surface area contributed by atoms with E-state index in [0.29, 0.717) is 12.5 Å². The third-order valence-electron chi connectivity index (χ3n) is 4.49. The van der Waals surface area contributed by atoms with Crippen LogP contribution in [0.15, 0.2) is 0 Å². The van der Waals surface area contributed by atoms with Crippen LogP contribution in [-0.4, -0.2) is 47.7 Å². The summed E-state index contributed by atoms with van der Waals surface area (Å²) in [5, 5.41) is 12.8. The Bertz CT molecular complexity index is 288. The third kappa shape index (κ3) is 3.23. The van der Waals surface area contributed by atoms with Crippen molar-refractivity contribution >= 4 is 5.91 Å². The zero-order valence-electron chi connectivity index (χ0n) is 11.5. The van der Waals surface area contributed by atoms with Crippen LogP contribution in [-0.2, 0) is 4.79 Å². The number of aliphatic hydroxyl groups is 1. The molecule has 2 N–H and O–H groups in total. The Balaban J connectivity index is 1.80. The van der Waals surface area contributed by atoms with E-state index in [-0.39, 0.29) is 18.1 Å². The number of rotatable bonds is 4. The summed E-state index contributed by atoms with van der Waals surface area (Å²) in [4.78, 5) is 14.1. The summed E-state index contributed by atoms with van der Waals surface area (Å²) in [6.07, 6.45) is 6.65. The van der Waals surface area contributed by atoms with E-state index in [9.17, 15) is 9.90 Å². The molecule has 0 aromatic heterocycles. The van der Waals surface area contributed by atoms with E-state index in [1.807, 2.05) is 4.90 Å². The van der Waals surface area contributed by atoms with E-state index in [1.54, 1.807) is 0 Å². The monoisotopic (exact) mass is 254 g/mol. The maximum absolute atomic E-state index is 12.1. The summed E-state index contributed by atoms with van der Waals surface area (Å²) in [5.74, 6) is 0.822. The quantitative estimate of drug-likeness (QED) is 0.791. The molecule has 1 heterocycles. The number of nitrogens with one attached hydrogen (secondary N) is 1. The van der Waals surface area contributed by atoms with Gasteiger partial charge in [0.25, 0.3) is 0 Å². The Morgan fingerprint density at radius 3 is 2.72 bits per heavy atom. The molecule has 1 aliphatic heterocycles.